The number of thiophene rings is 1. The number of nitrogens with zero attached hydrogens (tertiary/aromatic N) is 3. The van der Waals surface area contributed by atoms with E-state index in [1.54, 1.807) is 11.3 Å². The van der Waals surface area contributed by atoms with Gasteiger partial charge >= 0.3 is 5.97 Å². The Balaban J connectivity index is 1.05. The Labute approximate surface area is 235 Å². The van der Waals surface area contributed by atoms with Crippen molar-refractivity contribution in [2.75, 3.05) is 12.0 Å². The fraction of sp³-hybridized carbons (Fsp3) is 0.433. The van der Waals surface area contributed by atoms with Gasteiger partial charge in [-0.2, -0.15) is 0 Å². The van der Waals surface area contributed by atoms with Crippen molar-refractivity contribution in [3.63, 3.8) is 0 Å². The zero-order valence-corrected chi connectivity index (χ0v) is 23.7. The van der Waals surface area contributed by atoms with Gasteiger partial charge < -0.3 is 18.9 Å². The fourth-order valence-electron chi connectivity index (χ4n) is 6.15. The van der Waals surface area contributed by atoms with Crippen molar-refractivity contribution in [3.8, 4) is 22.5 Å². The summed E-state index contributed by atoms with van der Waals surface area (Å²) in [6, 6.07) is 11.1. The molecule has 3 aromatic heterocycles. The van der Waals surface area contributed by atoms with Gasteiger partial charge in [-0.25, -0.2) is 9.78 Å². The summed E-state index contributed by atoms with van der Waals surface area (Å²) in [4.78, 5) is 20.0. The predicted molar refractivity (Wildman–Crippen MR) is 153 cm³/mol. The Hall–Kier alpha value is -3.01. The smallest absolute Gasteiger partial charge is 0.348 e. The van der Waals surface area contributed by atoms with Crippen LogP contribution in [0.5, 0.6) is 0 Å². The van der Waals surface area contributed by atoms with E-state index in [-0.39, 0.29) is 12.1 Å². The summed E-state index contributed by atoms with van der Waals surface area (Å²) in [7, 11) is 1.41. The second kappa shape index (κ2) is 10.2. The number of hydrogen-bond acceptors (Lipinski definition) is 9. The average Bonchev–Trinajstić information content (AvgIpc) is 3.28. The van der Waals surface area contributed by atoms with Crippen molar-refractivity contribution in [2.45, 2.75) is 76.2 Å². The fourth-order valence-corrected chi connectivity index (χ4v) is 7.94. The predicted octanol–water partition coefficient (Wildman–Crippen LogP) is 7.22. The molecule has 2 bridgehead atoms. The summed E-state index contributed by atoms with van der Waals surface area (Å²) in [5, 5.41) is 9.66. The normalized spacial score (nSPS) is 22.4. The number of hydrogen-bond donors (Lipinski definition) is 0. The van der Waals surface area contributed by atoms with Crippen molar-refractivity contribution in [3.05, 3.63) is 62.9 Å². The van der Waals surface area contributed by atoms with E-state index >= 15 is 0 Å². The molecule has 1 unspecified atom stereocenters. The molecule has 3 aliphatic rings. The minimum absolute atomic E-state index is 0.212. The molecule has 0 amide bonds. The number of rotatable bonds is 8. The van der Waals surface area contributed by atoms with Crippen LogP contribution in [0.25, 0.3) is 22.5 Å². The first-order chi connectivity index (χ1) is 19.1. The van der Waals surface area contributed by atoms with Gasteiger partial charge in [0.25, 0.3) is 0 Å². The third kappa shape index (κ3) is 4.70. The SMILES string of the molecule is COC(=O)c1cc(-c2csc(N3[C@@H]4CC[C@H]3CC(OCc3c(-c5ccccc5C)noc3C3CC3)C4)n2)cs1. The van der Waals surface area contributed by atoms with Gasteiger partial charge in [-0.1, -0.05) is 29.4 Å². The summed E-state index contributed by atoms with van der Waals surface area (Å²) in [6.07, 6.45) is 6.88. The molecule has 1 aromatic carbocycles. The van der Waals surface area contributed by atoms with Gasteiger partial charge in [0.15, 0.2) is 5.13 Å². The first-order valence-electron chi connectivity index (χ1n) is 13.7. The molecule has 0 N–H and O–H groups in total. The lowest BCUT2D eigenvalue weighted by Gasteiger charge is -2.38. The summed E-state index contributed by atoms with van der Waals surface area (Å²) in [5.74, 6) is 1.20. The van der Waals surface area contributed by atoms with Crippen LogP contribution in [0.1, 0.15) is 71.0 Å². The standard InChI is InChI=1S/C30H31N3O4S2/c1-17-5-3-4-6-23(17)27-24(28(37-32-27)18-7-8-18)14-36-22-12-20-9-10-21(13-22)33(20)30-31-25(16-39-30)19-11-26(38-15-19)29(34)35-2/h3-6,11,15-16,18,20-22H,7-10,12-14H2,1-2H3/t20-,21+,22?. The highest BCUT2D eigenvalue weighted by Gasteiger charge is 2.43. The maximum absolute atomic E-state index is 11.9. The van der Waals surface area contributed by atoms with E-state index in [4.69, 9.17) is 19.0 Å². The van der Waals surface area contributed by atoms with Crippen LogP contribution in [0.15, 0.2) is 45.6 Å². The number of methoxy groups -OCH3 is 1. The number of fused-ring (bicyclic) bond motifs is 2. The molecule has 0 radical (unpaired) electrons. The molecule has 0 spiro atoms. The molecule has 1 aliphatic carbocycles. The molecule has 3 atom stereocenters. The Kier molecular flexibility index (Phi) is 6.53. The van der Waals surface area contributed by atoms with Crippen LogP contribution in [0, 0.1) is 6.92 Å². The molecule has 7 nitrogen and oxygen atoms in total. The summed E-state index contributed by atoms with van der Waals surface area (Å²) in [5.41, 5.74) is 6.29. The number of thiazole rings is 1. The van der Waals surface area contributed by atoms with Gasteiger partial charge in [0.2, 0.25) is 0 Å². The second-order valence-corrected chi connectivity index (χ2v) is 12.6. The number of aryl methyl sites for hydroxylation is 1. The largest absolute Gasteiger partial charge is 0.465 e. The van der Waals surface area contributed by atoms with Crippen molar-refractivity contribution >= 4 is 33.8 Å². The third-order valence-electron chi connectivity index (χ3n) is 8.31. The van der Waals surface area contributed by atoms with Crippen molar-refractivity contribution in [1.82, 2.24) is 10.1 Å². The zero-order valence-electron chi connectivity index (χ0n) is 22.1. The topological polar surface area (TPSA) is 77.7 Å². The molecule has 3 fully saturated rings. The summed E-state index contributed by atoms with van der Waals surface area (Å²) in [6.45, 7) is 2.67. The molecule has 39 heavy (non-hydrogen) atoms. The lowest BCUT2D eigenvalue weighted by atomic mass is 9.99. The number of anilines is 1. The lowest BCUT2D eigenvalue weighted by molar-refractivity contribution is 0.0147. The summed E-state index contributed by atoms with van der Waals surface area (Å²) >= 11 is 3.08. The average molecular weight is 562 g/mol. The first kappa shape index (κ1) is 25.0. The van der Waals surface area contributed by atoms with Crippen LogP contribution in [-0.4, -0.2) is 41.4 Å². The van der Waals surface area contributed by atoms with Crippen LogP contribution >= 0.6 is 22.7 Å². The van der Waals surface area contributed by atoms with Gasteiger partial charge in [0.1, 0.15) is 16.3 Å². The molecular formula is C30H31N3O4S2. The highest BCUT2D eigenvalue weighted by molar-refractivity contribution is 7.14. The highest BCUT2D eigenvalue weighted by Crippen LogP contribution is 2.46. The van der Waals surface area contributed by atoms with E-state index in [2.05, 4.69) is 46.6 Å². The van der Waals surface area contributed by atoms with E-state index in [0.29, 0.717) is 29.5 Å². The molecule has 4 aromatic rings. The van der Waals surface area contributed by atoms with Crippen LogP contribution in [0.3, 0.4) is 0 Å². The van der Waals surface area contributed by atoms with E-state index in [1.807, 2.05) is 11.4 Å². The third-order valence-corrected chi connectivity index (χ3v) is 10.1. The Morgan fingerprint density at radius 1 is 1.10 bits per heavy atom. The molecule has 9 heteroatoms. The number of esters is 1. The number of piperidine rings is 1. The van der Waals surface area contributed by atoms with E-state index in [0.717, 1.165) is 51.8 Å². The van der Waals surface area contributed by atoms with E-state index < -0.39 is 0 Å². The molecule has 7 rings (SSSR count). The minimum Gasteiger partial charge on any atom is -0.465 e. The van der Waals surface area contributed by atoms with Gasteiger partial charge in [0, 0.05) is 45.5 Å². The van der Waals surface area contributed by atoms with Crippen LogP contribution in [-0.2, 0) is 16.1 Å². The van der Waals surface area contributed by atoms with Gasteiger partial charge in [-0.15, -0.1) is 22.7 Å². The zero-order chi connectivity index (χ0) is 26.5. The molecule has 2 aliphatic heterocycles. The Bertz CT molecular complexity index is 1490. The second-order valence-electron chi connectivity index (χ2n) is 10.9. The maximum atomic E-state index is 11.9. The molecule has 5 heterocycles. The Morgan fingerprint density at radius 3 is 2.64 bits per heavy atom. The number of carbonyl (C=O) groups excluding carboxylic acids is 1. The highest BCUT2D eigenvalue weighted by atomic mass is 32.1. The van der Waals surface area contributed by atoms with Crippen LogP contribution in [0.4, 0.5) is 5.13 Å². The van der Waals surface area contributed by atoms with E-state index in [1.165, 1.54) is 49.7 Å². The molecule has 2 saturated heterocycles. The molecule has 1 saturated carbocycles. The number of benzene rings is 1. The van der Waals surface area contributed by atoms with Crippen LogP contribution in [0.2, 0.25) is 0 Å². The minimum atomic E-state index is -0.303. The van der Waals surface area contributed by atoms with Crippen molar-refractivity contribution in [2.24, 2.45) is 0 Å². The summed E-state index contributed by atoms with van der Waals surface area (Å²) < 4.78 is 17.4. The van der Waals surface area contributed by atoms with Crippen molar-refractivity contribution < 1.29 is 18.8 Å². The number of carbonyl (C=O) groups is 1. The quantitative estimate of drug-likeness (QED) is 0.210. The van der Waals surface area contributed by atoms with Gasteiger partial charge in [-0.05, 0) is 57.1 Å². The maximum Gasteiger partial charge on any atom is 0.348 e. The number of ether oxygens (including phenoxy) is 2. The lowest BCUT2D eigenvalue weighted by Crippen LogP contribution is -2.45. The van der Waals surface area contributed by atoms with Gasteiger partial charge in [0.05, 0.1) is 25.5 Å². The molecular weight excluding hydrogens is 530 g/mol. The van der Waals surface area contributed by atoms with Crippen molar-refractivity contribution in [1.29, 1.82) is 0 Å². The number of aromatic nitrogens is 2. The van der Waals surface area contributed by atoms with Crippen LogP contribution < -0.4 is 4.90 Å². The Morgan fingerprint density at radius 2 is 1.90 bits per heavy atom. The molecule has 202 valence electrons. The first-order valence-corrected chi connectivity index (χ1v) is 15.4. The monoisotopic (exact) mass is 561 g/mol. The van der Waals surface area contributed by atoms with E-state index in [9.17, 15) is 4.79 Å². The van der Waals surface area contributed by atoms with Gasteiger partial charge in [-0.3, -0.25) is 0 Å².